The van der Waals surface area contributed by atoms with Crippen LogP contribution >= 0.6 is 0 Å². The van der Waals surface area contributed by atoms with E-state index in [2.05, 4.69) is 16.7 Å². The molecule has 0 unspecified atom stereocenters. The van der Waals surface area contributed by atoms with Crippen LogP contribution in [0.15, 0.2) is 82.0 Å². The Labute approximate surface area is 238 Å². The second-order valence-electron chi connectivity index (χ2n) is 10.5. The molecular weight excluding hydrogens is 516 g/mol. The van der Waals surface area contributed by atoms with E-state index in [4.69, 9.17) is 14.1 Å². The van der Waals surface area contributed by atoms with Crippen LogP contribution in [-0.4, -0.2) is 38.3 Å². The second kappa shape index (κ2) is 11.3. The fourth-order valence-corrected chi connectivity index (χ4v) is 5.30. The summed E-state index contributed by atoms with van der Waals surface area (Å²) in [5.41, 5.74) is 6.50. The molecule has 0 atom stereocenters. The van der Waals surface area contributed by atoms with Crippen molar-refractivity contribution < 1.29 is 13.9 Å². The minimum absolute atomic E-state index is 0.140. The van der Waals surface area contributed by atoms with Crippen molar-refractivity contribution in [2.45, 2.75) is 25.7 Å². The van der Waals surface area contributed by atoms with Crippen molar-refractivity contribution in [3.63, 3.8) is 0 Å². The number of hydrogen-bond acceptors (Lipinski definition) is 7. The number of fused-ring (bicyclic) bond motifs is 3. The molecular formula is C33H32N4O4. The van der Waals surface area contributed by atoms with Crippen LogP contribution in [0.2, 0.25) is 0 Å². The van der Waals surface area contributed by atoms with Crippen LogP contribution < -0.4 is 25.7 Å². The lowest BCUT2D eigenvalue weighted by Crippen LogP contribution is -2.33. The summed E-state index contributed by atoms with van der Waals surface area (Å²) >= 11 is 0. The predicted octanol–water partition coefficient (Wildman–Crippen LogP) is 5.52. The Balaban J connectivity index is 1.11. The van der Waals surface area contributed by atoms with Crippen molar-refractivity contribution in [3.05, 3.63) is 94.3 Å². The Morgan fingerprint density at radius 3 is 2.61 bits per heavy atom. The molecule has 8 nitrogen and oxygen atoms in total. The number of amides is 1. The number of carbonyl (C=O) groups is 1. The third-order valence-corrected chi connectivity index (χ3v) is 7.46. The average Bonchev–Trinajstić information content (AvgIpc) is 2.99. The lowest BCUT2D eigenvalue weighted by Gasteiger charge is -2.21. The molecule has 2 heterocycles. The van der Waals surface area contributed by atoms with Gasteiger partial charge in [0.25, 0.3) is 5.91 Å². The number of nitrogens with zero attached hydrogens (tertiary/aromatic N) is 2. The van der Waals surface area contributed by atoms with Crippen LogP contribution in [0, 0.1) is 0 Å². The summed E-state index contributed by atoms with van der Waals surface area (Å²) < 4.78 is 11.8. The van der Waals surface area contributed by atoms with E-state index in [0.717, 1.165) is 59.2 Å². The summed E-state index contributed by atoms with van der Waals surface area (Å²) in [5, 5.41) is 7.83. The maximum atomic E-state index is 12.7. The molecule has 5 aromatic rings. The monoisotopic (exact) mass is 548 g/mol. The highest BCUT2D eigenvalue weighted by Gasteiger charge is 2.18. The average molecular weight is 549 g/mol. The van der Waals surface area contributed by atoms with E-state index in [1.165, 1.54) is 11.6 Å². The first-order valence-corrected chi connectivity index (χ1v) is 13.9. The smallest absolute Gasteiger partial charge is 0.259 e. The van der Waals surface area contributed by atoms with Gasteiger partial charge in [-0.3, -0.25) is 14.6 Å². The van der Waals surface area contributed by atoms with Gasteiger partial charge in [0.1, 0.15) is 17.1 Å². The Kier molecular flexibility index (Phi) is 7.29. The topological polar surface area (TPSA) is 96.7 Å². The van der Waals surface area contributed by atoms with Gasteiger partial charge in [0, 0.05) is 54.2 Å². The van der Waals surface area contributed by atoms with Crippen molar-refractivity contribution in [3.8, 4) is 17.1 Å². The summed E-state index contributed by atoms with van der Waals surface area (Å²) in [7, 11) is 3.94. The van der Waals surface area contributed by atoms with Crippen molar-refractivity contribution in [1.29, 1.82) is 0 Å². The third-order valence-electron chi connectivity index (χ3n) is 7.46. The molecule has 2 aromatic heterocycles. The lowest BCUT2D eigenvalue weighted by atomic mass is 9.93. The molecule has 3 aromatic carbocycles. The third kappa shape index (κ3) is 5.59. The zero-order valence-electron chi connectivity index (χ0n) is 23.2. The molecule has 1 amide bonds. The zero-order valence-corrected chi connectivity index (χ0v) is 23.2. The molecule has 2 N–H and O–H groups in total. The van der Waals surface area contributed by atoms with E-state index in [1.807, 2.05) is 61.5 Å². The first-order chi connectivity index (χ1) is 20.0. The molecule has 0 saturated heterocycles. The predicted molar refractivity (Wildman–Crippen MR) is 163 cm³/mol. The second-order valence-corrected chi connectivity index (χ2v) is 10.5. The first kappa shape index (κ1) is 26.4. The summed E-state index contributed by atoms with van der Waals surface area (Å²) in [5.74, 6) is 0.652. The minimum Gasteiger partial charge on any atom is -0.484 e. The molecule has 0 saturated carbocycles. The van der Waals surface area contributed by atoms with Gasteiger partial charge in [-0.25, -0.2) is 0 Å². The highest BCUT2D eigenvalue weighted by Crippen LogP contribution is 2.33. The normalized spacial score (nSPS) is 12.6. The number of aryl methyl sites for hydroxylation is 1. The first-order valence-electron chi connectivity index (χ1n) is 13.9. The van der Waals surface area contributed by atoms with Crippen LogP contribution in [0.5, 0.6) is 5.75 Å². The largest absolute Gasteiger partial charge is 0.484 e. The van der Waals surface area contributed by atoms with Gasteiger partial charge in [-0.05, 0) is 73.7 Å². The van der Waals surface area contributed by atoms with Crippen LogP contribution in [0.1, 0.15) is 24.1 Å². The molecule has 0 bridgehead atoms. The quantitative estimate of drug-likeness (QED) is 0.247. The molecule has 6 rings (SSSR count). The molecule has 0 radical (unpaired) electrons. The number of carbonyl (C=O) groups excluding carboxylic acids is 1. The van der Waals surface area contributed by atoms with Gasteiger partial charge >= 0.3 is 0 Å². The molecule has 8 heteroatoms. The van der Waals surface area contributed by atoms with Gasteiger partial charge in [0.15, 0.2) is 12.0 Å². The highest BCUT2D eigenvalue weighted by molar-refractivity contribution is 5.93. The number of ether oxygens (including phenoxy) is 1. The molecule has 0 fully saturated rings. The maximum Gasteiger partial charge on any atom is 0.259 e. The summed E-state index contributed by atoms with van der Waals surface area (Å²) in [6, 6.07) is 22.3. The van der Waals surface area contributed by atoms with Gasteiger partial charge in [-0.15, -0.1) is 0 Å². The molecule has 1 aliphatic rings. The van der Waals surface area contributed by atoms with Crippen molar-refractivity contribution >= 4 is 39.2 Å². The van der Waals surface area contributed by atoms with Gasteiger partial charge in [0.05, 0.1) is 17.6 Å². The van der Waals surface area contributed by atoms with Crippen LogP contribution in [-0.2, 0) is 17.6 Å². The van der Waals surface area contributed by atoms with Crippen LogP contribution in [0.4, 0.5) is 11.4 Å². The number of para-hydroxylation sites is 1. The van der Waals surface area contributed by atoms with E-state index in [0.29, 0.717) is 22.5 Å². The van der Waals surface area contributed by atoms with Crippen molar-refractivity contribution in [2.75, 3.05) is 37.6 Å². The van der Waals surface area contributed by atoms with Crippen LogP contribution in [0.3, 0.4) is 0 Å². The number of anilines is 2. The van der Waals surface area contributed by atoms with Crippen molar-refractivity contribution in [2.24, 2.45) is 0 Å². The number of hydrogen-bond donors (Lipinski definition) is 2. The van der Waals surface area contributed by atoms with Gasteiger partial charge in [-0.2, -0.15) is 0 Å². The molecule has 41 heavy (non-hydrogen) atoms. The fourth-order valence-electron chi connectivity index (χ4n) is 5.30. The molecule has 208 valence electrons. The minimum atomic E-state index is -0.263. The lowest BCUT2D eigenvalue weighted by molar-refractivity contribution is -0.122. The van der Waals surface area contributed by atoms with Crippen molar-refractivity contribution in [1.82, 2.24) is 10.3 Å². The zero-order chi connectivity index (χ0) is 28.3. The number of nitrogens with one attached hydrogen (secondary N) is 2. The number of rotatable bonds is 8. The number of pyridine rings is 1. The summed E-state index contributed by atoms with van der Waals surface area (Å²) in [6.07, 6.45) is 4.24. The molecule has 0 aliphatic heterocycles. The summed E-state index contributed by atoms with van der Waals surface area (Å²) in [6.45, 7) is 0.101. The van der Waals surface area contributed by atoms with Gasteiger partial charge in [0.2, 0.25) is 0 Å². The highest BCUT2D eigenvalue weighted by atomic mass is 16.5. The number of aromatic nitrogens is 1. The SMILES string of the molecule is CN(C)c1ccc(-c2cc(=O)c3ccc(OCC(=O)NCNc4c5c(nc6ccccc46)CCCC5)cc3o2)cc1. The van der Waals surface area contributed by atoms with E-state index in [1.54, 1.807) is 18.2 Å². The van der Waals surface area contributed by atoms with Gasteiger partial charge in [-0.1, -0.05) is 18.2 Å². The summed E-state index contributed by atoms with van der Waals surface area (Å²) in [4.78, 5) is 32.2. The van der Waals surface area contributed by atoms with E-state index in [9.17, 15) is 9.59 Å². The Morgan fingerprint density at radius 1 is 0.976 bits per heavy atom. The van der Waals surface area contributed by atoms with E-state index in [-0.39, 0.29) is 24.6 Å². The molecule has 1 aliphatic carbocycles. The standard InChI is InChI=1S/C33H32N4O4/c1-37(2)22-13-11-21(12-14-22)30-18-29(38)26-16-15-23(17-31(26)41-30)40-19-32(39)34-20-35-33-24-7-3-5-9-27(24)36-28-10-6-4-8-25(28)33/h3,5,7,9,11-18H,4,6,8,10,19-20H2,1-2H3,(H,34,39)(H,35,36). The molecule has 0 spiro atoms. The van der Waals surface area contributed by atoms with Crippen LogP contribution in [0.25, 0.3) is 33.2 Å². The Hall–Kier alpha value is -4.85. The Morgan fingerprint density at radius 2 is 1.78 bits per heavy atom. The van der Waals surface area contributed by atoms with E-state index < -0.39 is 0 Å². The number of benzene rings is 3. The Bertz CT molecular complexity index is 1790. The fraction of sp³-hybridized carbons (Fsp3) is 0.242. The van der Waals surface area contributed by atoms with E-state index >= 15 is 0 Å². The maximum absolute atomic E-state index is 12.7. The van der Waals surface area contributed by atoms with Gasteiger partial charge < -0.3 is 24.7 Å².